The number of piperazine rings is 1. The van der Waals surface area contributed by atoms with Crippen LogP contribution in [0, 0.1) is 6.92 Å². The van der Waals surface area contributed by atoms with Gasteiger partial charge in [0.05, 0.1) is 17.0 Å². The fraction of sp³-hybridized carbons (Fsp3) is 0.417. The van der Waals surface area contributed by atoms with Crippen molar-refractivity contribution in [3.8, 4) is 10.8 Å². The third kappa shape index (κ3) is 5.95. The van der Waals surface area contributed by atoms with E-state index in [1.807, 2.05) is 24.4 Å². The largest absolute Gasteiger partial charge is 0.440 e. The molecule has 4 rings (SSSR count). The minimum atomic E-state index is 0.00519. The quantitative estimate of drug-likeness (QED) is 0.512. The summed E-state index contributed by atoms with van der Waals surface area (Å²) in [6.07, 6.45) is 2.35. The summed E-state index contributed by atoms with van der Waals surface area (Å²) in [7, 11) is 0. The molecule has 0 unspecified atom stereocenters. The Hall–Kier alpha value is -2.64. The lowest BCUT2D eigenvalue weighted by molar-refractivity contribution is -0.120. The van der Waals surface area contributed by atoms with Gasteiger partial charge in [-0.2, -0.15) is 0 Å². The van der Waals surface area contributed by atoms with Crippen LogP contribution < -0.4 is 10.2 Å². The van der Waals surface area contributed by atoms with Crippen LogP contribution in [0.15, 0.2) is 52.3 Å². The van der Waals surface area contributed by atoms with Gasteiger partial charge in [0.25, 0.3) is 0 Å². The fourth-order valence-corrected chi connectivity index (χ4v) is 4.52. The molecule has 7 heteroatoms. The molecular formula is C24H30N4O2S. The number of carbonyl (C=O) groups excluding carboxylic acids is 1. The van der Waals surface area contributed by atoms with Crippen LogP contribution >= 0.6 is 11.3 Å². The van der Waals surface area contributed by atoms with Crippen LogP contribution in [0.25, 0.3) is 10.8 Å². The smallest absolute Gasteiger partial charge is 0.236 e. The number of aryl methyl sites for hydroxylation is 1. The first-order chi connectivity index (χ1) is 15.2. The standard InChI is InChI=1S/C24H30N4O2S/c1-19-21(26-24(30-19)22-10-7-17-31-22)18-23(29)25-11-5-6-12-27-13-15-28(16-14-27)20-8-3-2-4-9-20/h2-4,7-10,17H,5-6,11-16,18H2,1H3,(H,25,29). The van der Waals surface area contributed by atoms with Gasteiger partial charge in [-0.05, 0) is 49.9 Å². The van der Waals surface area contributed by atoms with Crippen LogP contribution in [0.3, 0.4) is 0 Å². The van der Waals surface area contributed by atoms with Crippen molar-refractivity contribution in [2.75, 3.05) is 44.2 Å². The van der Waals surface area contributed by atoms with Gasteiger partial charge >= 0.3 is 0 Å². The van der Waals surface area contributed by atoms with Gasteiger partial charge in [-0.1, -0.05) is 24.3 Å². The van der Waals surface area contributed by atoms with E-state index in [2.05, 4.69) is 50.4 Å². The van der Waals surface area contributed by atoms with Gasteiger partial charge in [0, 0.05) is 38.4 Å². The van der Waals surface area contributed by atoms with Crippen LogP contribution in [-0.4, -0.2) is 55.1 Å². The van der Waals surface area contributed by atoms with Crippen molar-refractivity contribution in [3.63, 3.8) is 0 Å². The lowest BCUT2D eigenvalue weighted by Gasteiger charge is -2.36. The molecule has 3 aromatic rings. The van der Waals surface area contributed by atoms with Crippen LogP contribution in [-0.2, 0) is 11.2 Å². The summed E-state index contributed by atoms with van der Waals surface area (Å²) in [5.74, 6) is 1.32. The molecule has 1 aromatic carbocycles. The number of hydrogen-bond acceptors (Lipinski definition) is 6. The molecule has 1 aliphatic heterocycles. The zero-order valence-corrected chi connectivity index (χ0v) is 18.9. The Labute approximate surface area is 187 Å². The van der Waals surface area contributed by atoms with E-state index in [1.165, 1.54) is 5.69 Å². The van der Waals surface area contributed by atoms with E-state index in [0.29, 0.717) is 18.2 Å². The summed E-state index contributed by atoms with van der Waals surface area (Å²) in [5.41, 5.74) is 2.03. The van der Waals surface area contributed by atoms with Crippen molar-refractivity contribution in [1.82, 2.24) is 15.2 Å². The Morgan fingerprint density at radius 3 is 2.65 bits per heavy atom. The van der Waals surface area contributed by atoms with E-state index in [0.717, 1.165) is 56.1 Å². The third-order valence-corrected chi connectivity index (χ3v) is 6.53. The number of nitrogens with one attached hydrogen (secondary N) is 1. The number of anilines is 1. The van der Waals surface area contributed by atoms with Crippen LogP contribution in [0.2, 0.25) is 0 Å². The number of para-hydroxylation sites is 1. The maximum Gasteiger partial charge on any atom is 0.236 e. The van der Waals surface area contributed by atoms with Gasteiger partial charge in [-0.25, -0.2) is 4.98 Å². The zero-order valence-electron chi connectivity index (χ0n) is 18.0. The molecule has 1 fully saturated rings. The number of hydrogen-bond donors (Lipinski definition) is 1. The maximum absolute atomic E-state index is 12.3. The summed E-state index contributed by atoms with van der Waals surface area (Å²) in [5, 5.41) is 5.01. The van der Waals surface area contributed by atoms with Gasteiger partial charge in [0.15, 0.2) is 0 Å². The lowest BCUT2D eigenvalue weighted by Crippen LogP contribution is -2.46. The lowest BCUT2D eigenvalue weighted by atomic mass is 10.2. The number of oxazole rings is 1. The Bertz CT molecular complexity index is 947. The van der Waals surface area contributed by atoms with E-state index in [4.69, 9.17) is 4.42 Å². The number of aromatic nitrogens is 1. The second-order valence-corrected chi connectivity index (χ2v) is 8.84. The summed E-state index contributed by atoms with van der Waals surface area (Å²) >= 11 is 1.58. The molecular weight excluding hydrogens is 408 g/mol. The minimum Gasteiger partial charge on any atom is -0.440 e. The molecule has 0 aliphatic carbocycles. The molecule has 164 valence electrons. The first-order valence-electron chi connectivity index (χ1n) is 11.0. The highest BCUT2D eigenvalue weighted by atomic mass is 32.1. The van der Waals surface area contributed by atoms with Crippen molar-refractivity contribution in [2.45, 2.75) is 26.2 Å². The first-order valence-corrected chi connectivity index (χ1v) is 11.9. The van der Waals surface area contributed by atoms with Gasteiger partial charge in [-0.15, -0.1) is 11.3 Å². The van der Waals surface area contributed by atoms with E-state index < -0.39 is 0 Å². The molecule has 2 aromatic heterocycles. The third-order valence-electron chi connectivity index (χ3n) is 5.67. The fourth-order valence-electron chi connectivity index (χ4n) is 3.87. The van der Waals surface area contributed by atoms with Crippen LogP contribution in [0.4, 0.5) is 5.69 Å². The number of thiophene rings is 1. The second kappa shape index (κ2) is 10.6. The van der Waals surface area contributed by atoms with Crippen molar-refractivity contribution >= 4 is 22.9 Å². The average Bonchev–Trinajstić information content (AvgIpc) is 3.45. The predicted octanol–water partition coefficient (Wildman–Crippen LogP) is 3.97. The van der Waals surface area contributed by atoms with Gasteiger partial charge < -0.3 is 14.6 Å². The average molecular weight is 439 g/mol. The molecule has 0 spiro atoms. The second-order valence-electron chi connectivity index (χ2n) is 7.90. The van der Waals surface area contributed by atoms with Crippen molar-refractivity contribution < 1.29 is 9.21 Å². The highest BCUT2D eigenvalue weighted by Gasteiger charge is 2.17. The number of amides is 1. The zero-order chi connectivity index (χ0) is 21.5. The normalized spacial score (nSPS) is 14.7. The molecule has 1 N–H and O–H groups in total. The van der Waals surface area contributed by atoms with E-state index in [9.17, 15) is 4.79 Å². The number of benzene rings is 1. The molecule has 1 amide bonds. The Morgan fingerprint density at radius 2 is 1.90 bits per heavy atom. The molecule has 1 aliphatic rings. The Kier molecular flexibility index (Phi) is 7.38. The topological polar surface area (TPSA) is 61.6 Å². The maximum atomic E-state index is 12.3. The molecule has 0 bridgehead atoms. The number of carbonyl (C=O) groups is 1. The summed E-state index contributed by atoms with van der Waals surface area (Å²) in [4.78, 5) is 22.7. The summed E-state index contributed by atoms with van der Waals surface area (Å²) in [6.45, 7) is 8.00. The van der Waals surface area contributed by atoms with E-state index in [1.54, 1.807) is 11.3 Å². The predicted molar refractivity (Wildman–Crippen MR) is 126 cm³/mol. The minimum absolute atomic E-state index is 0.00519. The van der Waals surface area contributed by atoms with Crippen LogP contribution in [0.1, 0.15) is 24.3 Å². The highest BCUT2D eigenvalue weighted by molar-refractivity contribution is 7.13. The molecule has 6 nitrogen and oxygen atoms in total. The summed E-state index contributed by atoms with van der Waals surface area (Å²) in [6, 6.07) is 14.6. The number of unbranched alkanes of at least 4 members (excludes halogenated alkanes) is 1. The molecule has 1 saturated heterocycles. The van der Waals surface area contributed by atoms with E-state index >= 15 is 0 Å². The number of nitrogens with zero attached hydrogens (tertiary/aromatic N) is 3. The Balaban J connectivity index is 1.11. The van der Waals surface area contributed by atoms with Crippen molar-refractivity contribution in [1.29, 1.82) is 0 Å². The highest BCUT2D eigenvalue weighted by Crippen LogP contribution is 2.26. The van der Waals surface area contributed by atoms with Gasteiger partial charge in [0.2, 0.25) is 11.8 Å². The molecule has 31 heavy (non-hydrogen) atoms. The van der Waals surface area contributed by atoms with Gasteiger partial charge in [-0.3, -0.25) is 9.69 Å². The molecule has 0 atom stereocenters. The molecule has 0 saturated carbocycles. The van der Waals surface area contributed by atoms with Crippen molar-refractivity contribution in [2.24, 2.45) is 0 Å². The van der Waals surface area contributed by atoms with E-state index in [-0.39, 0.29) is 12.3 Å². The Morgan fingerprint density at radius 1 is 1.10 bits per heavy atom. The SMILES string of the molecule is Cc1oc(-c2cccs2)nc1CC(=O)NCCCCN1CCN(c2ccccc2)CC1. The number of rotatable bonds is 9. The molecule has 3 heterocycles. The molecule has 0 radical (unpaired) electrons. The monoisotopic (exact) mass is 438 g/mol. The van der Waals surface area contributed by atoms with Crippen molar-refractivity contribution in [3.05, 3.63) is 59.3 Å². The van der Waals surface area contributed by atoms with Crippen LogP contribution in [0.5, 0.6) is 0 Å². The summed E-state index contributed by atoms with van der Waals surface area (Å²) < 4.78 is 5.72. The first kappa shape index (κ1) is 21.6. The van der Waals surface area contributed by atoms with Gasteiger partial charge in [0.1, 0.15) is 5.76 Å².